The molecule has 4 nitrogen and oxygen atoms in total. The maximum Gasteiger partial charge on any atom is 0.240 e. The predicted molar refractivity (Wildman–Crippen MR) is 112 cm³/mol. The molecule has 1 amide bonds. The SMILES string of the molecule is CCCc1ccc(C(C)=NNC(=O)CCCOc2ccc(Cl)cc2C)cc1. The Bertz CT molecular complexity index is 785. The van der Waals surface area contributed by atoms with Crippen LogP contribution in [0.3, 0.4) is 0 Å². The second kappa shape index (κ2) is 10.7. The van der Waals surface area contributed by atoms with Crippen LogP contribution >= 0.6 is 11.6 Å². The molecule has 2 aromatic carbocycles. The summed E-state index contributed by atoms with van der Waals surface area (Å²) < 4.78 is 5.69. The molecule has 0 bridgehead atoms. The average molecular weight is 387 g/mol. The lowest BCUT2D eigenvalue weighted by Crippen LogP contribution is -2.19. The summed E-state index contributed by atoms with van der Waals surface area (Å²) in [5, 5.41) is 4.88. The minimum absolute atomic E-state index is 0.117. The van der Waals surface area contributed by atoms with Crippen LogP contribution in [0.25, 0.3) is 0 Å². The van der Waals surface area contributed by atoms with Gasteiger partial charge in [-0.3, -0.25) is 4.79 Å². The van der Waals surface area contributed by atoms with Gasteiger partial charge in [0, 0.05) is 11.4 Å². The van der Waals surface area contributed by atoms with Gasteiger partial charge < -0.3 is 4.74 Å². The Morgan fingerprint density at radius 2 is 1.93 bits per heavy atom. The van der Waals surface area contributed by atoms with E-state index < -0.39 is 0 Å². The Labute approximate surface area is 166 Å². The van der Waals surface area contributed by atoms with Gasteiger partial charge in [0.2, 0.25) is 5.91 Å². The number of halogens is 1. The lowest BCUT2D eigenvalue weighted by Gasteiger charge is -2.09. The van der Waals surface area contributed by atoms with Crippen LogP contribution in [-0.4, -0.2) is 18.2 Å². The molecule has 0 aliphatic carbocycles. The highest BCUT2D eigenvalue weighted by Gasteiger charge is 2.04. The topological polar surface area (TPSA) is 50.7 Å². The molecule has 0 atom stereocenters. The van der Waals surface area contributed by atoms with Crippen molar-refractivity contribution in [3.05, 3.63) is 64.2 Å². The largest absolute Gasteiger partial charge is 0.493 e. The summed E-state index contributed by atoms with van der Waals surface area (Å²) in [7, 11) is 0. The normalized spacial score (nSPS) is 11.3. The van der Waals surface area contributed by atoms with E-state index in [1.807, 2.05) is 38.1 Å². The minimum Gasteiger partial charge on any atom is -0.493 e. The van der Waals surface area contributed by atoms with Gasteiger partial charge in [0.05, 0.1) is 12.3 Å². The number of aryl methyl sites for hydroxylation is 2. The highest BCUT2D eigenvalue weighted by atomic mass is 35.5. The molecule has 0 aromatic heterocycles. The van der Waals surface area contributed by atoms with Crippen molar-refractivity contribution >= 4 is 23.2 Å². The van der Waals surface area contributed by atoms with Crippen LogP contribution in [-0.2, 0) is 11.2 Å². The van der Waals surface area contributed by atoms with Crippen molar-refractivity contribution in [2.75, 3.05) is 6.61 Å². The first-order valence-corrected chi connectivity index (χ1v) is 9.68. The number of nitrogens with zero attached hydrogens (tertiary/aromatic N) is 1. The fourth-order valence-corrected chi connectivity index (χ4v) is 2.88. The number of hydrogen-bond donors (Lipinski definition) is 1. The van der Waals surface area contributed by atoms with Gasteiger partial charge in [0.15, 0.2) is 0 Å². The molecule has 1 N–H and O–H groups in total. The molecule has 0 saturated carbocycles. The maximum atomic E-state index is 11.9. The van der Waals surface area contributed by atoms with E-state index in [1.54, 1.807) is 6.07 Å². The molecule has 0 aliphatic heterocycles. The van der Waals surface area contributed by atoms with Crippen LogP contribution in [0.2, 0.25) is 5.02 Å². The van der Waals surface area contributed by atoms with E-state index >= 15 is 0 Å². The third-order valence-electron chi connectivity index (χ3n) is 4.20. The zero-order valence-corrected chi connectivity index (χ0v) is 17.0. The molecule has 0 aliphatic rings. The van der Waals surface area contributed by atoms with E-state index in [-0.39, 0.29) is 5.91 Å². The van der Waals surface area contributed by atoms with E-state index in [0.29, 0.717) is 24.5 Å². The summed E-state index contributed by atoms with van der Waals surface area (Å²) in [6.45, 7) is 6.47. The van der Waals surface area contributed by atoms with E-state index in [2.05, 4.69) is 29.6 Å². The zero-order valence-electron chi connectivity index (χ0n) is 16.2. The molecular formula is C22H27ClN2O2. The second-order valence-electron chi connectivity index (χ2n) is 6.54. The quantitative estimate of drug-likeness (QED) is 0.361. The Morgan fingerprint density at radius 1 is 1.19 bits per heavy atom. The average Bonchev–Trinajstić information content (AvgIpc) is 2.65. The molecule has 0 unspecified atom stereocenters. The highest BCUT2D eigenvalue weighted by Crippen LogP contribution is 2.21. The number of hydrogen-bond acceptors (Lipinski definition) is 3. The molecule has 5 heteroatoms. The number of nitrogens with one attached hydrogen (secondary N) is 1. The van der Waals surface area contributed by atoms with Gasteiger partial charge in [-0.15, -0.1) is 0 Å². The monoisotopic (exact) mass is 386 g/mol. The van der Waals surface area contributed by atoms with Crippen molar-refractivity contribution in [2.24, 2.45) is 5.10 Å². The number of hydrazone groups is 1. The third-order valence-corrected chi connectivity index (χ3v) is 4.44. The first-order chi connectivity index (χ1) is 13.0. The van der Waals surface area contributed by atoms with Gasteiger partial charge in [0.25, 0.3) is 0 Å². The summed E-state index contributed by atoms with van der Waals surface area (Å²) in [5.74, 6) is 0.675. The van der Waals surface area contributed by atoms with Crippen LogP contribution in [0.1, 0.15) is 49.8 Å². The Kier molecular flexibility index (Phi) is 8.34. The molecule has 0 radical (unpaired) electrons. The van der Waals surface area contributed by atoms with Crippen molar-refractivity contribution in [2.45, 2.75) is 46.5 Å². The smallest absolute Gasteiger partial charge is 0.240 e. The van der Waals surface area contributed by atoms with Gasteiger partial charge in [-0.25, -0.2) is 5.43 Å². The standard InChI is InChI=1S/C22H27ClN2O2/c1-4-6-18-8-10-19(11-9-18)17(3)24-25-22(26)7-5-14-27-21-13-12-20(23)15-16(21)2/h8-13,15H,4-7,14H2,1-3H3,(H,25,26). The molecule has 0 spiro atoms. The number of amides is 1. The van der Waals surface area contributed by atoms with E-state index in [1.165, 1.54) is 5.56 Å². The Hall–Kier alpha value is -2.33. The predicted octanol–water partition coefficient (Wildman–Crippen LogP) is 5.30. The fourth-order valence-electron chi connectivity index (χ4n) is 2.66. The van der Waals surface area contributed by atoms with Crippen LogP contribution < -0.4 is 10.2 Å². The van der Waals surface area contributed by atoms with Crippen molar-refractivity contribution < 1.29 is 9.53 Å². The van der Waals surface area contributed by atoms with Crippen molar-refractivity contribution in [1.29, 1.82) is 0 Å². The highest BCUT2D eigenvalue weighted by molar-refractivity contribution is 6.30. The van der Waals surface area contributed by atoms with Gasteiger partial charge in [-0.2, -0.15) is 5.10 Å². The molecule has 0 heterocycles. The van der Waals surface area contributed by atoms with Crippen molar-refractivity contribution in [3.8, 4) is 5.75 Å². The summed E-state index contributed by atoms with van der Waals surface area (Å²) in [4.78, 5) is 11.9. The molecule has 2 aromatic rings. The lowest BCUT2D eigenvalue weighted by atomic mass is 10.1. The van der Waals surface area contributed by atoms with Crippen LogP contribution in [0.4, 0.5) is 0 Å². The summed E-state index contributed by atoms with van der Waals surface area (Å²) in [5.41, 5.74) is 6.71. The van der Waals surface area contributed by atoms with Crippen LogP contribution in [0.5, 0.6) is 5.75 Å². The minimum atomic E-state index is -0.117. The number of ether oxygens (including phenoxy) is 1. The number of rotatable bonds is 9. The van der Waals surface area contributed by atoms with E-state index in [4.69, 9.17) is 16.3 Å². The van der Waals surface area contributed by atoms with Crippen molar-refractivity contribution in [1.82, 2.24) is 5.43 Å². The van der Waals surface area contributed by atoms with E-state index in [9.17, 15) is 4.79 Å². The van der Waals surface area contributed by atoms with Gasteiger partial charge in [-0.1, -0.05) is 49.2 Å². The molecule has 0 fully saturated rings. The Balaban J connectivity index is 1.73. The van der Waals surface area contributed by atoms with Crippen molar-refractivity contribution in [3.63, 3.8) is 0 Å². The fraction of sp³-hybridized carbons (Fsp3) is 0.364. The summed E-state index contributed by atoms with van der Waals surface area (Å²) >= 11 is 5.93. The molecule has 27 heavy (non-hydrogen) atoms. The van der Waals surface area contributed by atoms with Gasteiger partial charge in [0.1, 0.15) is 5.75 Å². The number of carbonyl (C=O) groups excluding carboxylic acids is 1. The maximum absolute atomic E-state index is 11.9. The van der Waals surface area contributed by atoms with Gasteiger partial charge in [-0.05, 0) is 61.6 Å². The number of benzene rings is 2. The molecular weight excluding hydrogens is 360 g/mol. The van der Waals surface area contributed by atoms with E-state index in [0.717, 1.165) is 35.4 Å². The molecule has 0 saturated heterocycles. The lowest BCUT2D eigenvalue weighted by molar-refractivity contribution is -0.121. The molecule has 2 rings (SSSR count). The van der Waals surface area contributed by atoms with Crippen LogP contribution in [0.15, 0.2) is 47.6 Å². The van der Waals surface area contributed by atoms with Gasteiger partial charge >= 0.3 is 0 Å². The third kappa shape index (κ3) is 7.06. The first kappa shape index (κ1) is 21.0. The first-order valence-electron chi connectivity index (χ1n) is 9.31. The summed E-state index contributed by atoms with van der Waals surface area (Å²) in [6, 6.07) is 13.8. The second-order valence-corrected chi connectivity index (χ2v) is 6.98. The van der Waals surface area contributed by atoms with Crippen LogP contribution in [0, 0.1) is 6.92 Å². The molecule has 144 valence electrons. The zero-order chi connectivity index (χ0) is 19.6. The summed E-state index contributed by atoms with van der Waals surface area (Å²) in [6.07, 6.45) is 3.18. The Morgan fingerprint density at radius 3 is 2.59 bits per heavy atom. The number of carbonyl (C=O) groups is 1.